The molecule has 2 fully saturated rings. The van der Waals surface area contributed by atoms with E-state index in [0.29, 0.717) is 18.5 Å². The fourth-order valence-corrected chi connectivity index (χ4v) is 6.46. The molecule has 0 saturated heterocycles. The summed E-state index contributed by atoms with van der Waals surface area (Å²) in [6, 6.07) is 6.64. The van der Waals surface area contributed by atoms with Crippen LogP contribution in [-0.4, -0.2) is 48.1 Å². The van der Waals surface area contributed by atoms with Crippen LogP contribution in [0.2, 0.25) is 0 Å². The third kappa shape index (κ3) is 4.30. The summed E-state index contributed by atoms with van der Waals surface area (Å²) in [5.41, 5.74) is -1.64. The van der Waals surface area contributed by atoms with E-state index in [0.717, 1.165) is 12.1 Å². The standard InChI is InChI=1S/C22H23F3N4O4S/c1-29-17(5-8-27-29)13-3-4-19(16(9-13)22(23,24)25)34(31,32)14-10-15(18(11-14)33-2)20(30)28-21(12-26)6-7-21/h3-5,8-9,14-15,18H,6-7,10-11H2,1-2H3,(H,28,30)/t14-,15?,18-/m0/s1. The Morgan fingerprint density at radius 2 is 2.00 bits per heavy atom. The van der Waals surface area contributed by atoms with E-state index < -0.39 is 55.2 Å². The third-order valence-corrected chi connectivity index (χ3v) is 8.81. The van der Waals surface area contributed by atoms with E-state index in [2.05, 4.69) is 10.4 Å². The number of carbonyl (C=O) groups excluding carboxylic acids is 1. The van der Waals surface area contributed by atoms with Crippen molar-refractivity contribution in [1.82, 2.24) is 15.1 Å². The maximum Gasteiger partial charge on any atom is 0.417 e. The predicted molar refractivity (Wildman–Crippen MR) is 114 cm³/mol. The average Bonchev–Trinajstić information content (AvgIpc) is 3.19. The molecule has 12 heteroatoms. The van der Waals surface area contributed by atoms with Gasteiger partial charge in [-0.3, -0.25) is 9.48 Å². The van der Waals surface area contributed by atoms with Crippen molar-refractivity contribution in [2.75, 3.05) is 7.11 Å². The largest absolute Gasteiger partial charge is 0.417 e. The van der Waals surface area contributed by atoms with Crippen LogP contribution in [0, 0.1) is 17.2 Å². The molecule has 2 aliphatic carbocycles. The van der Waals surface area contributed by atoms with Gasteiger partial charge in [-0.15, -0.1) is 0 Å². The molecular weight excluding hydrogens is 473 g/mol. The summed E-state index contributed by atoms with van der Waals surface area (Å²) in [6.07, 6.45) is -3.61. The third-order valence-electron chi connectivity index (χ3n) is 6.57. The second-order valence-electron chi connectivity index (χ2n) is 8.75. The molecule has 3 atom stereocenters. The molecule has 0 bridgehead atoms. The number of halogens is 3. The second-order valence-corrected chi connectivity index (χ2v) is 10.9. The van der Waals surface area contributed by atoms with Gasteiger partial charge in [-0.25, -0.2) is 8.42 Å². The molecule has 34 heavy (non-hydrogen) atoms. The molecule has 2 aromatic rings. The lowest BCUT2D eigenvalue weighted by Gasteiger charge is -2.19. The minimum atomic E-state index is -4.92. The van der Waals surface area contributed by atoms with Crippen LogP contribution >= 0.6 is 0 Å². The van der Waals surface area contributed by atoms with Crippen molar-refractivity contribution in [1.29, 1.82) is 5.26 Å². The SMILES string of the molecule is CO[C@H]1C[C@@H](S(=O)(=O)c2ccc(-c3ccnn3C)cc2C(F)(F)F)CC1C(=O)NC1(C#N)CC1. The van der Waals surface area contributed by atoms with E-state index in [1.54, 1.807) is 7.05 Å². The molecule has 182 valence electrons. The number of ether oxygens (including phenoxy) is 1. The Labute approximate surface area is 194 Å². The van der Waals surface area contributed by atoms with Gasteiger partial charge in [-0.2, -0.15) is 23.5 Å². The number of rotatable bonds is 6. The zero-order valence-electron chi connectivity index (χ0n) is 18.5. The number of carbonyl (C=O) groups is 1. The summed E-state index contributed by atoms with van der Waals surface area (Å²) < 4.78 is 75.4. The van der Waals surface area contributed by atoms with Crippen molar-refractivity contribution in [3.8, 4) is 17.3 Å². The zero-order chi connectivity index (χ0) is 24.9. The molecule has 0 aliphatic heterocycles. The molecule has 2 saturated carbocycles. The summed E-state index contributed by atoms with van der Waals surface area (Å²) in [4.78, 5) is 11.9. The number of aromatic nitrogens is 2. The molecule has 2 aliphatic rings. The maximum atomic E-state index is 14.0. The fourth-order valence-electron chi connectivity index (χ4n) is 4.46. The summed E-state index contributed by atoms with van der Waals surface area (Å²) in [6.45, 7) is 0. The average molecular weight is 497 g/mol. The van der Waals surface area contributed by atoms with Crippen molar-refractivity contribution in [2.45, 2.75) is 53.6 Å². The molecule has 1 aromatic carbocycles. The maximum absolute atomic E-state index is 14.0. The van der Waals surface area contributed by atoms with Crippen molar-refractivity contribution in [3.05, 3.63) is 36.0 Å². The van der Waals surface area contributed by atoms with E-state index >= 15 is 0 Å². The summed E-state index contributed by atoms with van der Waals surface area (Å²) >= 11 is 0. The number of aryl methyl sites for hydroxylation is 1. The van der Waals surface area contributed by atoms with Gasteiger partial charge in [0.05, 0.1) is 39.5 Å². The van der Waals surface area contributed by atoms with Crippen LogP contribution in [-0.2, 0) is 32.6 Å². The first kappa shape index (κ1) is 24.2. The topological polar surface area (TPSA) is 114 Å². The summed E-state index contributed by atoms with van der Waals surface area (Å²) in [5.74, 6) is -1.41. The van der Waals surface area contributed by atoms with Gasteiger partial charge in [0.15, 0.2) is 9.84 Å². The lowest BCUT2D eigenvalue weighted by Crippen LogP contribution is -2.42. The first-order valence-corrected chi connectivity index (χ1v) is 12.2. The zero-order valence-corrected chi connectivity index (χ0v) is 19.3. The van der Waals surface area contributed by atoms with Crippen molar-refractivity contribution in [3.63, 3.8) is 0 Å². The molecule has 1 heterocycles. The molecule has 1 aromatic heterocycles. The number of alkyl halides is 3. The molecule has 4 rings (SSSR count). The van der Waals surface area contributed by atoms with Crippen LogP contribution in [0.1, 0.15) is 31.2 Å². The highest BCUT2D eigenvalue weighted by Crippen LogP contribution is 2.43. The van der Waals surface area contributed by atoms with Crippen molar-refractivity contribution < 1.29 is 31.1 Å². The van der Waals surface area contributed by atoms with Gasteiger partial charge in [0.2, 0.25) is 5.91 Å². The van der Waals surface area contributed by atoms with Crippen LogP contribution in [0.3, 0.4) is 0 Å². The van der Waals surface area contributed by atoms with E-state index in [-0.39, 0.29) is 18.4 Å². The molecule has 1 unspecified atom stereocenters. The number of benzene rings is 1. The first-order valence-electron chi connectivity index (χ1n) is 10.6. The lowest BCUT2D eigenvalue weighted by atomic mass is 10.0. The molecule has 8 nitrogen and oxygen atoms in total. The van der Waals surface area contributed by atoms with E-state index in [4.69, 9.17) is 4.74 Å². The highest BCUT2D eigenvalue weighted by atomic mass is 32.2. The summed E-state index contributed by atoms with van der Waals surface area (Å²) in [7, 11) is -1.57. The lowest BCUT2D eigenvalue weighted by molar-refractivity contribution is -0.139. The van der Waals surface area contributed by atoms with Crippen LogP contribution < -0.4 is 5.32 Å². The van der Waals surface area contributed by atoms with E-state index in [1.165, 1.54) is 30.1 Å². The normalized spacial score (nSPS) is 23.9. The monoisotopic (exact) mass is 496 g/mol. The van der Waals surface area contributed by atoms with Crippen LogP contribution in [0.4, 0.5) is 13.2 Å². The number of nitrogens with one attached hydrogen (secondary N) is 1. The number of hydrogen-bond donors (Lipinski definition) is 1. The molecular formula is C22H23F3N4O4S. The Bertz CT molecular complexity index is 1260. The molecule has 0 radical (unpaired) electrons. The van der Waals surface area contributed by atoms with Gasteiger partial charge >= 0.3 is 6.18 Å². The van der Waals surface area contributed by atoms with E-state index in [1.807, 2.05) is 6.07 Å². The van der Waals surface area contributed by atoms with Gasteiger partial charge in [0.1, 0.15) is 5.54 Å². The first-order chi connectivity index (χ1) is 15.9. The van der Waals surface area contributed by atoms with Crippen molar-refractivity contribution >= 4 is 15.7 Å². The van der Waals surface area contributed by atoms with Crippen LogP contribution in [0.5, 0.6) is 0 Å². The van der Waals surface area contributed by atoms with Gasteiger partial charge in [0.25, 0.3) is 0 Å². The van der Waals surface area contributed by atoms with Crippen LogP contribution in [0.15, 0.2) is 35.4 Å². The highest BCUT2D eigenvalue weighted by Gasteiger charge is 2.51. The van der Waals surface area contributed by atoms with Crippen molar-refractivity contribution in [2.24, 2.45) is 13.0 Å². The second kappa shape index (κ2) is 8.39. The van der Waals surface area contributed by atoms with E-state index in [9.17, 15) is 31.6 Å². The number of methoxy groups -OCH3 is 1. The quantitative estimate of drug-likeness (QED) is 0.658. The Kier molecular flexibility index (Phi) is 5.98. The van der Waals surface area contributed by atoms with Gasteiger partial charge in [-0.1, -0.05) is 6.07 Å². The Hall–Kier alpha value is -2.91. The smallest absolute Gasteiger partial charge is 0.381 e. The highest BCUT2D eigenvalue weighted by molar-refractivity contribution is 7.92. The minimum absolute atomic E-state index is 0.128. The van der Waals surface area contributed by atoms with Gasteiger partial charge < -0.3 is 10.1 Å². The number of amides is 1. The summed E-state index contributed by atoms with van der Waals surface area (Å²) in [5, 5.41) is 14.5. The van der Waals surface area contributed by atoms with Gasteiger partial charge in [-0.05, 0) is 43.9 Å². The molecule has 1 amide bonds. The number of hydrogen-bond acceptors (Lipinski definition) is 6. The number of nitrogens with zero attached hydrogens (tertiary/aromatic N) is 3. The minimum Gasteiger partial charge on any atom is -0.381 e. The fraction of sp³-hybridized carbons (Fsp3) is 0.500. The van der Waals surface area contributed by atoms with Crippen LogP contribution in [0.25, 0.3) is 11.3 Å². The number of sulfone groups is 1. The Balaban J connectivity index is 1.67. The molecule has 1 N–H and O–H groups in total. The Morgan fingerprint density at radius 1 is 1.29 bits per heavy atom. The Morgan fingerprint density at radius 3 is 2.53 bits per heavy atom. The number of nitriles is 1. The predicted octanol–water partition coefficient (Wildman–Crippen LogP) is 2.85. The molecule has 0 spiro atoms. The van der Waals surface area contributed by atoms with Gasteiger partial charge in [0, 0.05) is 25.9 Å².